The predicted octanol–water partition coefficient (Wildman–Crippen LogP) is 3.20. The van der Waals surface area contributed by atoms with E-state index in [-0.39, 0.29) is 5.54 Å². The molecule has 0 aliphatic heterocycles. The Kier molecular flexibility index (Phi) is 7.03. The predicted molar refractivity (Wildman–Crippen MR) is 81.9 cm³/mol. The Morgan fingerprint density at radius 3 is 2.11 bits per heavy atom. The van der Waals surface area contributed by atoms with Gasteiger partial charge < -0.3 is 5.73 Å². The van der Waals surface area contributed by atoms with Gasteiger partial charge in [0.05, 0.1) is 0 Å². The molecule has 0 aliphatic carbocycles. The molecule has 1 aromatic rings. The van der Waals surface area contributed by atoms with E-state index in [0.717, 1.165) is 19.6 Å². The highest BCUT2D eigenvalue weighted by atomic mass is 15.2. The Morgan fingerprint density at radius 2 is 1.68 bits per heavy atom. The fourth-order valence-corrected chi connectivity index (χ4v) is 3.03. The zero-order valence-corrected chi connectivity index (χ0v) is 12.7. The molecule has 0 aromatic carbocycles. The van der Waals surface area contributed by atoms with Gasteiger partial charge in [0.1, 0.15) is 0 Å². The van der Waals surface area contributed by atoms with E-state index in [4.69, 9.17) is 5.73 Å². The lowest BCUT2D eigenvalue weighted by Crippen LogP contribution is -2.53. The van der Waals surface area contributed by atoms with E-state index in [1.165, 1.54) is 31.2 Å². The van der Waals surface area contributed by atoms with Gasteiger partial charge in [-0.2, -0.15) is 0 Å². The molecule has 2 N–H and O–H groups in total. The first-order valence-electron chi connectivity index (χ1n) is 7.56. The summed E-state index contributed by atoms with van der Waals surface area (Å²) in [5, 5.41) is 0. The maximum Gasteiger partial charge on any atom is 0.0334 e. The van der Waals surface area contributed by atoms with Gasteiger partial charge >= 0.3 is 0 Å². The molecule has 0 spiro atoms. The molecule has 0 amide bonds. The molecular weight excluding hydrogens is 234 g/mol. The molecule has 3 nitrogen and oxygen atoms in total. The number of likely N-dealkylation sites (N-methyl/N-ethyl adjacent to an activating group) is 1. The summed E-state index contributed by atoms with van der Waals surface area (Å²) in [6.45, 7) is 9.49. The highest BCUT2D eigenvalue weighted by Gasteiger charge is 2.32. The molecule has 3 heteroatoms. The first-order chi connectivity index (χ1) is 9.22. The van der Waals surface area contributed by atoms with E-state index in [9.17, 15) is 0 Å². The SMILES string of the molecule is CCCC(CN)(CCC)N(CC)Cc1ccncc1. The largest absolute Gasteiger partial charge is 0.329 e. The first kappa shape index (κ1) is 16.1. The first-order valence-corrected chi connectivity index (χ1v) is 7.56. The van der Waals surface area contributed by atoms with Crippen molar-refractivity contribution in [1.82, 2.24) is 9.88 Å². The fourth-order valence-electron chi connectivity index (χ4n) is 3.03. The summed E-state index contributed by atoms with van der Waals surface area (Å²) in [5.74, 6) is 0. The minimum atomic E-state index is 0.154. The third kappa shape index (κ3) is 4.29. The zero-order chi connectivity index (χ0) is 14.1. The second-order valence-corrected chi connectivity index (χ2v) is 5.30. The number of nitrogens with two attached hydrogens (primary N) is 1. The van der Waals surface area contributed by atoms with Crippen molar-refractivity contribution in [3.05, 3.63) is 30.1 Å². The van der Waals surface area contributed by atoms with E-state index in [2.05, 4.69) is 42.8 Å². The van der Waals surface area contributed by atoms with E-state index in [0.29, 0.717) is 0 Å². The Balaban J connectivity index is 2.89. The standard InChI is InChI=1S/C16H29N3/c1-4-9-16(14-17,10-5-2)19(6-3)13-15-7-11-18-12-8-15/h7-8,11-12H,4-6,9-10,13-14,17H2,1-3H3. The maximum atomic E-state index is 6.16. The van der Waals surface area contributed by atoms with Crippen molar-refractivity contribution in [3.8, 4) is 0 Å². The maximum absolute atomic E-state index is 6.16. The summed E-state index contributed by atoms with van der Waals surface area (Å²) < 4.78 is 0. The fraction of sp³-hybridized carbons (Fsp3) is 0.688. The Labute approximate surface area is 118 Å². The molecule has 19 heavy (non-hydrogen) atoms. The number of nitrogens with zero attached hydrogens (tertiary/aromatic N) is 2. The van der Waals surface area contributed by atoms with Crippen LogP contribution in [0.1, 0.15) is 52.0 Å². The lowest BCUT2D eigenvalue weighted by atomic mass is 9.86. The van der Waals surface area contributed by atoms with Crippen molar-refractivity contribution < 1.29 is 0 Å². The number of aromatic nitrogens is 1. The van der Waals surface area contributed by atoms with Crippen LogP contribution in [0.5, 0.6) is 0 Å². The molecule has 0 atom stereocenters. The van der Waals surface area contributed by atoms with Crippen LogP contribution in [0.3, 0.4) is 0 Å². The molecular formula is C16H29N3. The van der Waals surface area contributed by atoms with Crippen molar-refractivity contribution >= 4 is 0 Å². The van der Waals surface area contributed by atoms with Crippen LogP contribution in [0.4, 0.5) is 0 Å². The lowest BCUT2D eigenvalue weighted by molar-refractivity contribution is 0.0720. The number of hydrogen-bond donors (Lipinski definition) is 1. The summed E-state index contributed by atoms with van der Waals surface area (Å²) in [6.07, 6.45) is 8.46. The molecule has 0 bridgehead atoms. The highest BCUT2D eigenvalue weighted by molar-refractivity contribution is 5.10. The normalized spacial score (nSPS) is 12.1. The van der Waals surface area contributed by atoms with Crippen molar-refractivity contribution in [1.29, 1.82) is 0 Å². The van der Waals surface area contributed by atoms with Crippen LogP contribution in [0.25, 0.3) is 0 Å². The van der Waals surface area contributed by atoms with Crippen molar-refractivity contribution in [2.45, 2.75) is 58.5 Å². The molecule has 0 aliphatic rings. The summed E-state index contributed by atoms with van der Waals surface area (Å²) in [4.78, 5) is 6.64. The molecule has 1 heterocycles. The summed E-state index contributed by atoms with van der Waals surface area (Å²) >= 11 is 0. The van der Waals surface area contributed by atoms with Crippen LogP contribution in [0, 0.1) is 0 Å². The van der Waals surface area contributed by atoms with E-state index >= 15 is 0 Å². The molecule has 0 radical (unpaired) electrons. The molecule has 108 valence electrons. The molecule has 0 saturated carbocycles. The van der Waals surface area contributed by atoms with Gasteiger partial charge in [0.15, 0.2) is 0 Å². The summed E-state index contributed by atoms with van der Waals surface area (Å²) in [7, 11) is 0. The van der Waals surface area contributed by atoms with Crippen LogP contribution in [-0.2, 0) is 6.54 Å². The average molecular weight is 263 g/mol. The summed E-state index contributed by atoms with van der Waals surface area (Å²) in [6, 6.07) is 4.20. The zero-order valence-electron chi connectivity index (χ0n) is 12.7. The van der Waals surface area contributed by atoms with Crippen LogP contribution >= 0.6 is 0 Å². The van der Waals surface area contributed by atoms with Crippen molar-refractivity contribution in [2.75, 3.05) is 13.1 Å². The molecule has 0 fully saturated rings. The quantitative estimate of drug-likeness (QED) is 0.744. The smallest absolute Gasteiger partial charge is 0.0334 e. The monoisotopic (exact) mass is 263 g/mol. The van der Waals surface area contributed by atoms with Gasteiger partial charge in [0.2, 0.25) is 0 Å². The number of hydrogen-bond acceptors (Lipinski definition) is 3. The Bertz CT molecular complexity index is 331. The average Bonchev–Trinajstić information content (AvgIpc) is 2.45. The van der Waals surface area contributed by atoms with Gasteiger partial charge in [-0.15, -0.1) is 0 Å². The van der Waals surface area contributed by atoms with E-state index in [1.54, 1.807) is 0 Å². The van der Waals surface area contributed by atoms with E-state index < -0.39 is 0 Å². The Hall–Kier alpha value is -0.930. The highest BCUT2D eigenvalue weighted by Crippen LogP contribution is 2.28. The molecule has 0 unspecified atom stereocenters. The van der Waals surface area contributed by atoms with Gasteiger partial charge in [0.25, 0.3) is 0 Å². The number of rotatable bonds is 9. The van der Waals surface area contributed by atoms with Crippen LogP contribution < -0.4 is 5.73 Å². The second-order valence-electron chi connectivity index (χ2n) is 5.30. The van der Waals surface area contributed by atoms with Crippen molar-refractivity contribution in [2.24, 2.45) is 5.73 Å². The molecule has 0 saturated heterocycles. The van der Waals surface area contributed by atoms with Gasteiger partial charge in [-0.25, -0.2) is 0 Å². The van der Waals surface area contributed by atoms with Gasteiger partial charge in [-0.3, -0.25) is 9.88 Å². The second kappa shape index (κ2) is 8.28. The third-order valence-electron chi connectivity index (χ3n) is 3.99. The van der Waals surface area contributed by atoms with Gasteiger partial charge in [0, 0.05) is 31.0 Å². The van der Waals surface area contributed by atoms with E-state index in [1.807, 2.05) is 12.4 Å². The summed E-state index contributed by atoms with van der Waals surface area (Å²) in [5.41, 5.74) is 7.63. The third-order valence-corrected chi connectivity index (χ3v) is 3.99. The number of pyridine rings is 1. The van der Waals surface area contributed by atoms with Crippen molar-refractivity contribution in [3.63, 3.8) is 0 Å². The molecule has 1 rings (SSSR count). The van der Waals surface area contributed by atoms with Crippen LogP contribution in [-0.4, -0.2) is 28.5 Å². The Morgan fingerprint density at radius 1 is 1.11 bits per heavy atom. The molecule has 1 aromatic heterocycles. The van der Waals surface area contributed by atoms with Crippen LogP contribution in [0.2, 0.25) is 0 Å². The topological polar surface area (TPSA) is 42.1 Å². The van der Waals surface area contributed by atoms with Gasteiger partial charge in [-0.1, -0.05) is 33.6 Å². The van der Waals surface area contributed by atoms with Gasteiger partial charge in [-0.05, 0) is 37.1 Å². The van der Waals surface area contributed by atoms with Crippen LogP contribution in [0.15, 0.2) is 24.5 Å². The minimum absolute atomic E-state index is 0.154. The minimum Gasteiger partial charge on any atom is -0.329 e. The lowest BCUT2D eigenvalue weighted by Gasteiger charge is -2.43.